The fourth-order valence-corrected chi connectivity index (χ4v) is 13.4. The van der Waals surface area contributed by atoms with Gasteiger partial charge in [0.2, 0.25) is 23.6 Å². The maximum absolute atomic E-state index is 13.7. The standard InChI is InChI=1S/C35H48N16O26P4/c1-39-35(58)68-4-11-12(72-29(18(11)52)51-10-48(2)17-25(51)44-34(38)47-28(17)57)5-70-79(61,62)76-81(65,66)77-80(63,64)71-7-14-21(22(67-3)31(74-14)50-9-41-16-24(50)43-33(37)46-27(16)56)75-78(59,60)69-6-13-19(53)20(54)30(73-13)49-8-40-15-23(49)42-32(36)45-26(15)55/h8-14,18-22,29-31,52-54H,4-7H2,1-3H3,(H13-,36,37,38,39,42,43,44,45,46,47,55,56,57,58,59,60,61,62,63,64,65,66)/p+1/t11-,12-,13-,14-,18-,19-,20-,21-,22-,29?,30-,31-/m1/s1. The molecule has 17 N–H and O–H groups in total. The van der Waals surface area contributed by atoms with Crippen molar-refractivity contribution in [2.75, 3.05) is 57.8 Å². The number of phosphoric acid groups is 4. The highest BCUT2D eigenvalue weighted by Crippen LogP contribution is 2.68. The zero-order valence-electron chi connectivity index (χ0n) is 41.4. The number of aliphatic hydroxyl groups is 3. The lowest BCUT2D eigenvalue weighted by atomic mass is 9.99. The molecule has 81 heavy (non-hydrogen) atoms. The van der Waals surface area contributed by atoms with Crippen molar-refractivity contribution in [1.82, 2.24) is 58.9 Å². The lowest BCUT2D eigenvalue weighted by molar-refractivity contribution is -0.745. The third-order valence-corrected chi connectivity index (χ3v) is 17.7. The molecule has 16 atom stereocenters. The molecule has 46 heteroatoms. The van der Waals surface area contributed by atoms with Crippen molar-refractivity contribution >= 4 is 88.7 Å². The SMILES string of the molecule is CNC(=O)OC[C@@H]1[C@@H](COP(=O)(O)OP(=O)(O)OP(=O)(O)OC[C@H]2O[C@@H](n3cnc4c(=O)[nH]c(N)nc43)[C@H](OC)[C@@H]2OP(=O)(O)OC[C@H]2O[C@@H](n3cnc4c(=O)[nH]c(N)nc43)[C@H](O)[C@@H]2O)OC([n+]2cn(C)c3c(=O)[nH]c(N)nc32)[C@@H]1O. The first-order chi connectivity index (χ1) is 38.0. The van der Waals surface area contributed by atoms with E-state index in [4.69, 9.17) is 59.0 Å². The summed E-state index contributed by atoms with van der Waals surface area (Å²) in [4.78, 5) is 119. The number of phosphoric ester groups is 3. The number of hydrogen-bond acceptors (Lipinski definition) is 30. The molecule has 0 spiro atoms. The number of aliphatic hydroxyl groups excluding tert-OH is 3. The average Bonchev–Trinajstić information content (AvgIpc) is 3.44. The van der Waals surface area contributed by atoms with E-state index in [1.165, 1.54) is 29.6 Å². The number of carbonyl (C=O) groups excluding carboxylic acids is 1. The molecule has 9 rings (SSSR count). The van der Waals surface area contributed by atoms with Crippen LogP contribution in [0.25, 0.3) is 33.5 Å². The summed E-state index contributed by atoms with van der Waals surface area (Å²) in [5.74, 6) is -2.39. The van der Waals surface area contributed by atoms with Gasteiger partial charge in [0.05, 0.1) is 51.5 Å². The van der Waals surface area contributed by atoms with E-state index < -0.39 is 160 Å². The van der Waals surface area contributed by atoms with Crippen LogP contribution in [0, 0.1) is 5.92 Å². The Balaban J connectivity index is 0.884. The van der Waals surface area contributed by atoms with Crippen molar-refractivity contribution in [2.24, 2.45) is 13.0 Å². The Morgan fingerprint density at radius 1 is 0.691 bits per heavy atom. The number of H-pyrrole nitrogens is 3. The fraction of sp³-hybridized carbons (Fsp3) is 0.543. The molecule has 6 aromatic rings. The third kappa shape index (κ3) is 12.4. The summed E-state index contributed by atoms with van der Waals surface area (Å²) in [5.41, 5.74) is 13.8. The summed E-state index contributed by atoms with van der Waals surface area (Å²) in [6.45, 7) is -4.12. The van der Waals surface area contributed by atoms with E-state index in [0.29, 0.717) is 0 Å². The number of carbonyl (C=O) groups is 1. The number of aromatic nitrogens is 12. The van der Waals surface area contributed by atoms with Crippen LogP contribution in [-0.4, -0.2) is 184 Å². The van der Waals surface area contributed by atoms with Crippen LogP contribution in [0.4, 0.5) is 22.6 Å². The minimum Gasteiger partial charge on any atom is -0.449 e. The first-order valence-electron chi connectivity index (χ1n) is 22.9. The van der Waals surface area contributed by atoms with Crippen molar-refractivity contribution in [3.05, 3.63) is 50.0 Å². The molecule has 42 nitrogen and oxygen atoms in total. The number of aromatic amines is 3. The number of alkyl carbamates (subject to hydrolysis) is 1. The van der Waals surface area contributed by atoms with E-state index in [9.17, 15) is 72.3 Å². The second-order valence-corrected chi connectivity index (χ2v) is 23.7. The van der Waals surface area contributed by atoms with Crippen molar-refractivity contribution in [3.8, 4) is 0 Å². The Morgan fingerprint density at radius 2 is 1.21 bits per heavy atom. The molecule has 0 bridgehead atoms. The minimum atomic E-state index is -6.28. The average molecular weight is 1230 g/mol. The van der Waals surface area contributed by atoms with Gasteiger partial charge in [-0.25, -0.2) is 37.6 Å². The minimum absolute atomic E-state index is 0.0338. The Hall–Kier alpha value is -6.04. The maximum atomic E-state index is 13.7. The van der Waals surface area contributed by atoms with Gasteiger partial charge in [-0.2, -0.15) is 18.6 Å². The van der Waals surface area contributed by atoms with E-state index in [1.54, 1.807) is 0 Å². The van der Waals surface area contributed by atoms with Gasteiger partial charge in [0.25, 0.3) is 22.6 Å². The number of aryl methyl sites for hydroxylation is 1. The molecule has 6 aromatic heterocycles. The number of hydrogen-bond donors (Lipinski definition) is 14. The number of nitrogens with two attached hydrogens (primary N) is 3. The van der Waals surface area contributed by atoms with Crippen LogP contribution < -0.4 is 43.8 Å². The lowest BCUT2D eigenvalue weighted by Crippen LogP contribution is -2.45. The van der Waals surface area contributed by atoms with Crippen molar-refractivity contribution < 1.29 is 113 Å². The molecule has 3 saturated heterocycles. The number of ether oxygens (including phenoxy) is 5. The molecule has 1 amide bonds. The molecule has 3 aliphatic heterocycles. The monoisotopic (exact) mass is 1230 g/mol. The Kier molecular flexibility index (Phi) is 16.6. The van der Waals surface area contributed by atoms with Crippen LogP contribution in [0.2, 0.25) is 0 Å². The predicted octanol–water partition coefficient (Wildman–Crippen LogP) is -4.81. The topological polar surface area (TPSA) is 600 Å². The normalized spacial score (nSPS) is 29.0. The number of nitrogens with one attached hydrogen (secondary N) is 4. The van der Waals surface area contributed by atoms with Crippen molar-refractivity contribution in [2.45, 2.75) is 67.5 Å². The van der Waals surface area contributed by atoms with Crippen LogP contribution in [0.5, 0.6) is 0 Å². The number of fused-ring (bicyclic) bond motifs is 3. The Labute approximate surface area is 448 Å². The second kappa shape index (κ2) is 22.6. The number of amides is 1. The van der Waals surface area contributed by atoms with Gasteiger partial charge in [-0.15, -0.1) is 0 Å². The van der Waals surface area contributed by atoms with Gasteiger partial charge in [-0.3, -0.25) is 61.1 Å². The van der Waals surface area contributed by atoms with Crippen molar-refractivity contribution in [3.63, 3.8) is 0 Å². The number of anilines is 3. The summed E-state index contributed by atoms with van der Waals surface area (Å²) in [7, 11) is -20.1. The number of imidazole rings is 3. The molecule has 0 radical (unpaired) electrons. The van der Waals surface area contributed by atoms with Gasteiger partial charge in [-0.05, 0) is 0 Å². The summed E-state index contributed by atoms with van der Waals surface area (Å²) in [6.07, 6.45) is -16.4. The van der Waals surface area contributed by atoms with Crippen LogP contribution >= 0.6 is 31.3 Å². The second-order valence-electron chi connectivity index (χ2n) is 17.7. The van der Waals surface area contributed by atoms with E-state index >= 15 is 0 Å². The van der Waals surface area contributed by atoms with Gasteiger partial charge in [0.15, 0.2) is 41.1 Å². The van der Waals surface area contributed by atoms with E-state index in [-0.39, 0.29) is 45.4 Å². The Morgan fingerprint density at radius 3 is 1.79 bits per heavy atom. The lowest BCUT2D eigenvalue weighted by Gasteiger charge is -2.26. The maximum Gasteiger partial charge on any atom is 0.490 e. The zero-order chi connectivity index (χ0) is 58.8. The van der Waals surface area contributed by atoms with Crippen molar-refractivity contribution in [1.29, 1.82) is 0 Å². The van der Waals surface area contributed by atoms with Gasteiger partial charge >= 0.3 is 43.0 Å². The van der Waals surface area contributed by atoms with E-state index in [0.717, 1.165) is 28.9 Å². The van der Waals surface area contributed by atoms with Gasteiger partial charge in [0, 0.05) is 14.2 Å². The molecule has 0 saturated carbocycles. The largest absolute Gasteiger partial charge is 0.490 e. The third-order valence-electron chi connectivity index (χ3n) is 12.4. The zero-order valence-corrected chi connectivity index (χ0v) is 45.0. The van der Waals surface area contributed by atoms with E-state index in [1.807, 2.05) is 0 Å². The highest BCUT2D eigenvalue weighted by atomic mass is 31.3. The van der Waals surface area contributed by atoms with Gasteiger partial charge in [-0.1, -0.05) is 4.98 Å². The summed E-state index contributed by atoms with van der Waals surface area (Å²) < 4.78 is 115. The van der Waals surface area contributed by atoms with Gasteiger partial charge < -0.3 is 81.1 Å². The summed E-state index contributed by atoms with van der Waals surface area (Å²) in [5, 5.41) is 35.3. The number of nitrogen functional groups attached to an aromatic ring is 3. The molecule has 3 aliphatic rings. The van der Waals surface area contributed by atoms with E-state index in [2.05, 4.69) is 53.8 Å². The molecular weight excluding hydrogens is 1180 g/mol. The number of methoxy groups -OCH3 is 1. The first-order valence-corrected chi connectivity index (χ1v) is 28.9. The molecule has 0 aromatic carbocycles. The van der Waals surface area contributed by atoms with Crippen LogP contribution in [0.15, 0.2) is 33.4 Å². The van der Waals surface area contributed by atoms with Crippen LogP contribution in [-0.2, 0) is 75.7 Å². The molecule has 3 fully saturated rings. The molecular formula is C35H49N16O26P4+. The highest BCUT2D eigenvalue weighted by Gasteiger charge is 2.54. The van der Waals surface area contributed by atoms with Gasteiger partial charge in [0.1, 0.15) is 49.3 Å². The van der Waals surface area contributed by atoms with Crippen LogP contribution in [0.3, 0.4) is 0 Å². The summed E-state index contributed by atoms with van der Waals surface area (Å²) in [6, 6.07) is 0. The molecule has 9 heterocycles. The number of rotatable bonds is 21. The predicted molar refractivity (Wildman–Crippen MR) is 260 cm³/mol. The molecule has 5 unspecified atom stereocenters. The quantitative estimate of drug-likeness (QED) is 0.0237. The Bertz CT molecular complexity index is 3760. The smallest absolute Gasteiger partial charge is 0.449 e. The first kappa shape index (κ1) is 59.6. The van der Waals surface area contributed by atoms with Crippen LogP contribution in [0.1, 0.15) is 18.7 Å². The highest BCUT2D eigenvalue weighted by molar-refractivity contribution is 7.66. The number of nitrogens with zero attached hydrogens (tertiary/aromatic N) is 9. The molecule has 0 aliphatic carbocycles. The molecule has 444 valence electrons. The fourth-order valence-electron chi connectivity index (χ4n) is 8.90. The summed E-state index contributed by atoms with van der Waals surface area (Å²) >= 11 is 0.